The van der Waals surface area contributed by atoms with Crippen molar-refractivity contribution in [3.8, 4) is 5.75 Å². The zero-order valence-corrected chi connectivity index (χ0v) is 12.8. The Morgan fingerprint density at radius 3 is 2.57 bits per heavy atom. The first kappa shape index (κ1) is 14.9. The van der Waals surface area contributed by atoms with Crippen LogP contribution in [0.25, 0.3) is 10.8 Å². The molecule has 0 aliphatic rings. The number of carbonyl (C=O) groups is 1. The van der Waals surface area contributed by atoms with Crippen molar-refractivity contribution < 1.29 is 14.3 Å². The highest BCUT2D eigenvalue weighted by Gasteiger charge is 2.12. The monoisotopic (exact) mass is 307 g/mol. The fourth-order valence-electron chi connectivity index (χ4n) is 2.43. The van der Waals surface area contributed by atoms with Crippen molar-refractivity contribution in [2.24, 2.45) is 0 Å². The lowest BCUT2D eigenvalue weighted by atomic mass is 10.0. The lowest BCUT2D eigenvalue weighted by Gasteiger charge is -2.12. The lowest BCUT2D eigenvalue weighted by Crippen LogP contribution is -2.03. The number of nitrogens with two attached hydrogens (primary N) is 1. The summed E-state index contributed by atoms with van der Waals surface area (Å²) >= 11 is 0. The molecule has 0 atom stereocenters. The second kappa shape index (κ2) is 6.40. The summed E-state index contributed by atoms with van der Waals surface area (Å²) in [4.78, 5) is 11.8. The molecule has 2 N–H and O–H groups in total. The largest absolute Gasteiger partial charge is 0.488 e. The van der Waals surface area contributed by atoms with Gasteiger partial charge in [0.2, 0.25) is 0 Å². The van der Waals surface area contributed by atoms with Gasteiger partial charge in [0, 0.05) is 11.1 Å². The van der Waals surface area contributed by atoms with Crippen LogP contribution in [0.5, 0.6) is 5.75 Å². The number of ether oxygens (including phenoxy) is 2. The molecule has 0 amide bonds. The molecule has 0 fully saturated rings. The number of rotatable bonds is 4. The maximum absolute atomic E-state index is 11.8. The number of carbonyl (C=O) groups excluding carboxylic acids is 1. The highest BCUT2D eigenvalue weighted by molar-refractivity contribution is 5.99. The molecule has 3 aromatic rings. The molecule has 4 nitrogen and oxygen atoms in total. The number of esters is 1. The highest BCUT2D eigenvalue weighted by Crippen LogP contribution is 2.30. The minimum absolute atomic E-state index is 0.395. The molecule has 4 heteroatoms. The predicted octanol–water partition coefficient (Wildman–Crippen LogP) is 3.79. The molecule has 0 aliphatic carbocycles. The van der Waals surface area contributed by atoms with Crippen LogP contribution in [0.3, 0.4) is 0 Å². The van der Waals surface area contributed by atoms with Gasteiger partial charge in [0.25, 0.3) is 0 Å². The average Bonchev–Trinajstić information content (AvgIpc) is 2.59. The molecule has 23 heavy (non-hydrogen) atoms. The smallest absolute Gasteiger partial charge is 0.338 e. The molecule has 0 bridgehead atoms. The Morgan fingerprint density at radius 1 is 1.04 bits per heavy atom. The maximum Gasteiger partial charge on any atom is 0.338 e. The van der Waals surface area contributed by atoms with Crippen molar-refractivity contribution in [3.05, 3.63) is 71.8 Å². The number of hydrogen-bond donors (Lipinski definition) is 1. The maximum atomic E-state index is 11.8. The van der Waals surface area contributed by atoms with Crippen molar-refractivity contribution in [1.82, 2.24) is 0 Å². The van der Waals surface area contributed by atoms with Crippen molar-refractivity contribution >= 4 is 22.4 Å². The summed E-state index contributed by atoms with van der Waals surface area (Å²) in [6.45, 7) is 0.412. The highest BCUT2D eigenvalue weighted by atomic mass is 16.5. The Bertz CT molecular complexity index is 844. The molecule has 3 rings (SSSR count). The molecule has 3 aromatic carbocycles. The molecule has 0 saturated heterocycles. The first-order valence-corrected chi connectivity index (χ1v) is 7.25. The normalized spacial score (nSPS) is 10.5. The van der Waals surface area contributed by atoms with Gasteiger partial charge in [-0.3, -0.25) is 0 Å². The van der Waals surface area contributed by atoms with E-state index in [0.29, 0.717) is 23.6 Å². The molecule has 0 heterocycles. The second-order valence-electron chi connectivity index (χ2n) is 5.22. The van der Waals surface area contributed by atoms with E-state index in [1.54, 1.807) is 18.2 Å². The van der Waals surface area contributed by atoms with Crippen molar-refractivity contribution in [2.45, 2.75) is 6.61 Å². The Kier molecular flexibility index (Phi) is 4.15. The van der Waals surface area contributed by atoms with Gasteiger partial charge in [-0.2, -0.15) is 0 Å². The van der Waals surface area contributed by atoms with E-state index in [-0.39, 0.29) is 0 Å². The summed E-state index contributed by atoms with van der Waals surface area (Å²) in [5.74, 6) is 0.215. The van der Waals surface area contributed by atoms with Gasteiger partial charge in [-0.05, 0) is 35.2 Å². The van der Waals surface area contributed by atoms with E-state index in [1.165, 1.54) is 7.11 Å². The first-order valence-electron chi connectivity index (χ1n) is 7.25. The molecule has 0 saturated carbocycles. The van der Waals surface area contributed by atoms with Crippen LogP contribution in [0, 0.1) is 0 Å². The Labute approximate surface area is 134 Å². The van der Waals surface area contributed by atoms with Crippen molar-refractivity contribution in [3.63, 3.8) is 0 Å². The molecule has 0 radical (unpaired) electrons. The van der Waals surface area contributed by atoms with Gasteiger partial charge >= 0.3 is 5.97 Å². The van der Waals surface area contributed by atoms with Crippen LogP contribution in [-0.4, -0.2) is 13.1 Å². The minimum atomic E-state index is -0.395. The Hall–Kier alpha value is -3.01. The number of fused-ring (bicyclic) bond motifs is 1. The third-order valence-electron chi connectivity index (χ3n) is 3.60. The van der Waals surface area contributed by atoms with Gasteiger partial charge in [0.1, 0.15) is 12.4 Å². The van der Waals surface area contributed by atoms with Gasteiger partial charge in [0.15, 0.2) is 0 Å². The van der Waals surface area contributed by atoms with Gasteiger partial charge in [-0.1, -0.05) is 36.4 Å². The number of nitrogen functional groups attached to an aromatic ring is 1. The van der Waals surface area contributed by atoms with Crippen LogP contribution in [0.2, 0.25) is 0 Å². The Morgan fingerprint density at radius 2 is 1.83 bits per heavy atom. The molecule has 0 spiro atoms. The molecule has 0 unspecified atom stereocenters. The van der Waals surface area contributed by atoms with E-state index in [4.69, 9.17) is 15.2 Å². The van der Waals surface area contributed by atoms with Crippen LogP contribution < -0.4 is 10.5 Å². The number of hydrogen-bond acceptors (Lipinski definition) is 4. The average molecular weight is 307 g/mol. The standard InChI is InChI=1S/C19H17NO3/c1-22-19(21)15-9-14-7-8-16(20)11-17(14)18(10-15)23-12-13-5-3-2-4-6-13/h2-11H,12,20H2,1H3. The zero-order valence-electron chi connectivity index (χ0n) is 12.8. The van der Waals surface area contributed by atoms with E-state index in [0.717, 1.165) is 16.3 Å². The third kappa shape index (κ3) is 3.26. The van der Waals surface area contributed by atoms with Crippen LogP contribution in [-0.2, 0) is 11.3 Å². The van der Waals surface area contributed by atoms with E-state index in [2.05, 4.69) is 0 Å². The zero-order chi connectivity index (χ0) is 16.2. The Balaban J connectivity index is 2.01. The lowest BCUT2D eigenvalue weighted by molar-refractivity contribution is 0.0600. The fraction of sp³-hybridized carbons (Fsp3) is 0.105. The minimum Gasteiger partial charge on any atom is -0.488 e. The van der Waals surface area contributed by atoms with Gasteiger partial charge in [0.05, 0.1) is 12.7 Å². The quantitative estimate of drug-likeness (QED) is 0.588. The number of benzene rings is 3. The SMILES string of the molecule is COC(=O)c1cc(OCc2ccccc2)c2cc(N)ccc2c1. The summed E-state index contributed by atoms with van der Waals surface area (Å²) in [5, 5.41) is 1.75. The van der Waals surface area contributed by atoms with E-state index < -0.39 is 5.97 Å². The summed E-state index contributed by atoms with van der Waals surface area (Å²) in [5.41, 5.74) is 8.02. The van der Waals surface area contributed by atoms with Crippen LogP contribution in [0.15, 0.2) is 60.7 Å². The van der Waals surface area contributed by atoms with Crippen molar-refractivity contribution in [1.29, 1.82) is 0 Å². The summed E-state index contributed by atoms with van der Waals surface area (Å²) in [6, 6.07) is 18.8. The topological polar surface area (TPSA) is 61.5 Å². The molecular weight excluding hydrogens is 290 g/mol. The first-order chi connectivity index (χ1) is 11.2. The fourth-order valence-corrected chi connectivity index (χ4v) is 2.43. The predicted molar refractivity (Wildman–Crippen MR) is 90.5 cm³/mol. The third-order valence-corrected chi connectivity index (χ3v) is 3.60. The van der Waals surface area contributed by atoms with E-state index >= 15 is 0 Å². The number of methoxy groups -OCH3 is 1. The van der Waals surface area contributed by atoms with Crippen LogP contribution in [0.4, 0.5) is 5.69 Å². The second-order valence-corrected chi connectivity index (χ2v) is 5.22. The number of anilines is 1. The molecule has 116 valence electrons. The molecular formula is C19H17NO3. The van der Waals surface area contributed by atoms with Crippen LogP contribution >= 0.6 is 0 Å². The summed E-state index contributed by atoms with van der Waals surface area (Å²) in [7, 11) is 1.36. The van der Waals surface area contributed by atoms with Gasteiger partial charge in [-0.25, -0.2) is 4.79 Å². The van der Waals surface area contributed by atoms with E-state index in [9.17, 15) is 4.79 Å². The van der Waals surface area contributed by atoms with Crippen LogP contribution in [0.1, 0.15) is 15.9 Å². The van der Waals surface area contributed by atoms with Gasteiger partial charge < -0.3 is 15.2 Å². The van der Waals surface area contributed by atoms with Crippen molar-refractivity contribution in [2.75, 3.05) is 12.8 Å². The summed E-state index contributed by atoms with van der Waals surface area (Å²) in [6.07, 6.45) is 0. The van der Waals surface area contributed by atoms with E-state index in [1.807, 2.05) is 42.5 Å². The molecule has 0 aromatic heterocycles. The molecule has 0 aliphatic heterocycles. The summed E-state index contributed by atoms with van der Waals surface area (Å²) < 4.78 is 10.7. The van der Waals surface area contributed by atoms with Gasteiger partial charge in [-0.15, -0.1) is 0 Å².